The lowest BCUT2D eigenvalue weighted by Gasteiger charge is -2.42. The van der Waals surface area contributed by atoms with Crippen LogP contribution in [-0.2, 0) is 28.2 Å². The van der Waals surface area contributed by atoms with E-state index in [9.17, 15) is 22.8 Å². The summed E-state index contributed by atoms with van der Waals surface area (Å²) in [6.07, 6.45) is -2.72. The number of hydrogen-bond acceptors (Lipinski definition) is 4. The molecule has 0 aromatic heterocycles. The van der Waals surface area contributed by atoms with Gasteiger partial charge >= 0.3 is 6.18 Å². The zero-order valence-electron chi connectivity index (χ0n) is 20.9. The maximum atomic E-state index is 14.6. The standard InChI is InChI=1S/C27H31F3N2O2S/c1-25(2)10-11-26(3,4)19-14-17(27(28,29)30)16(13-18(19)25)22-15(8-7-9-20(22)32(5)6)12-21-23(33)31-24(34)35-21/h7-9,13-14,21H,10-12H2,1-6H3,(H,31,33,34). The number of carbonyl (C=O) groups excluding carboxylic acids is 2. The van der Waals surface area contributed by atoms with Crippen molar-refractivity contribution in [1.29, 1.82) is 0 Å². The molecule has 2 aromatic carbocycles. The number of nitrogens with one attached hydrogen (secondary N) is 1. The van der Waals surface area contributed by atoms with Crippen molar-refractivity contribution in [3.8, 4) is 11.1 Å². The van der Waals surface area contributed by atoms with Gasteiger partial charge in [-0.25, -0.2) is 0 Å². The summed E-state index contributed by atoms with van der Waals surface area (Å²) in [6.45, 7) is 8.18. The van der Waals surface area contributed by atoms with Crippen LogP contribution in [-0.4, -0.2) is 30.5 Å². The number of rotatable bonds is 4. The van der Waals surface area contributed by atoms with Crippen molar-refractivity contribution in [1.82, 2.24) is 5.32 Å². The minimum absolute atomic E-state index is 0.121. The molecular formula is C27H31F3N2O2S. The van der Waals surface area contributed by atoms with Gasteiger partial charge in [-0.15, -0.1) is 0 Å². The Labute approximate surface area is 208 Å². The van der Waals surface area contributed by atoms with Gasteiger partial charge in [0.05, 0.1) is 10.8 Å². The molecule has 4 rings (SSSR count). The maximum Gasteiger partial charge on any atom is 0.417 e. The van der Waals surface area contributed by atoms with Crippen LogP contribution in [0.3, 0.4) is 0 Å². The van der Waals surface area contributed by atoms with Crippen LogP contribution in [0.25, 0.3) is 11.1 Å². The smallest absolute Gasteiger partial charge is 0.377 e. The van der Waals surface area contributed by atoms with E-state index in [0.717, 1.165) is 35.7 Å². The third kappa shape index (κ3) is 4.69. The lowest BCUT2D eigenvalue weighted by atomic mass is 9.62. The number of benzene rings is 2. The van der Waals surface area contributed by atoms with Gasteiger partial charge in [0.2, 0.25) is 5.91 Å². The second kappa shape index (κ2) is 8.57. The molecule has 188 valence electrons. The largest absolute Gasteiger partial charge is 0.417 e. The van der Waals surface area contributed by atoms with E-state index in [-0.39, 0.29) is 22.8 Å². The first-order valence-corrected chi connectivity index (χ1v) is 12.6. The number of anilines is 1. The van der Waals surface area contributed by atoms with E-state index < -0.39 is 28.1 Å². The fraction of sp³-hybridized carbons (Fsp3) is 0.481. The van der Waals surface area contributed by atoms with Crippen LogP contribution in [0.5, 0.6) is 0 Å². The summed E-state index contributed by atoms with van der Waals surface area (Å²) in [5, 5.41) is 1.16. The summed E-state index contributed by atoms with van der Waals surface area (Å²) in [6, 6.07) is 8.42. The lowest BCUT2D eigenvalue weighted by molar-refractivity contribution is -0.137. The maximum absolute atomic E-state index is 14.6. The van der Waals surface area contributed by atoms with Gasteiger partial charge in [-0.3, -0.25) is 14.9 Å². The van der Waals surface area contributed by atoms with E-state index in [1.807, 2.05) is 13.8 Å². The summed E-state index contributed by atoms with van der Waals surface area (Å²) < 4.78 is 43.8. The summed E-state index contributed by atoms with van der Waals surface area (Å²) in [5.41, 5.74) is 2.18. The van der Waals surface area contributed by atoms with Crippen LogP contribution in [0.2, 0.25) is 0 Å². The predicted molar refractivity (Wildman–Crippen MR) is 135 cm³/mol. The molecule has 1 N–H and O–H groups in total. The number of imide groups is 1. The highest BCUT2D eigenvalue weighted by molar-refractivity contribution is 8.15. The molecule has 1 saturated heterocycles. The highest BCUT2D eigenvalue weighted by atomic mass is 32.2. The molecule has 2 aliphatic rings. The molecule has 8 heteroatoms. The van der Waals surface area contributed by atoms with Crippen LogP contribution in [0.4, 0.5) is 23.7 Å². The molecule has 1 unspecified atom stereocenters. The van der Waals surface area contributed by atoms with E-state index in [1.165, 1.54) is 6.07 Å². The molecule has 2 aromatic rings. The molecule has 0 bridgehead atoms. The van der Waals surface area contributed by atoms with Gasteiger partial charge in [0.15, 0.2) is 0 Å². The van der Waals surface area contributed by atoms with Crippen molar-refractivity contribution in [2.75, 3.05) is 19.0 Å². The Balaban J connectivity index is 2.02. The van der Waals surface area contributed by atoms with Gasteiger partial charge in [-0.1, -0.05) is 51.6 Å². The minimum atomic E-state index is -4.56. The summed E-state index contributed by atoms with van der Waals surface area (Å²) in [5.74, 6) is -0.412. The fourth-order valence-electron chi connectivity index (χ4n) is 5.22. The number of alkyl halides is 3. The minimum Gasteiger partial charge on any atom is -0.377 e. The Bertz CT molecular complexity index is 1200. The van der Waals surface area contributed by atoms with Gasteiger partial charge in [0, 0.05) is 25.3 Å². The van der Waals surface area contributed by atoms with Gasteiger partial charge in [-0.2, -0.15) is 13.2 Å². The Morgan fingerprint density at radius 2 is 1.63 bits per heavy atom. The second-order valence-corrected chi connectivity index (χ2v) is 12.2. The number of nitrogens with zero attached hydrogens (tertiary/aromatic N) is 1. The Morgan fingerprint density at radius 1 is 1.03 bits per heavy atom. The third-order valence-electron chi connectivity index (χ3n) is 7.35. The van der Waals surface area contributed by atoms with Crippen molar-refractivity contribution in [3.05, 3.63) is 52.6 Å². The van der Waals surface area contributed by atoms with E-state index in [1.54, 1.807) is 43.3 Å². The summed E-state index contributed by atoms with van der Waals surface area (Å²) in [4.78, 5) is 25.8. The molecule has 35 heavy (non-hydrogen) atoms. The molecule has 1 heterocycles. The zero-order valence-corrected chi connectivity index (χ0v) is 21.7. The number of halogens is 3. The topological polar surface area (TPSA) is 49.4 Å². The van der Waals surface area contributed by atoms with E-state index in [2.05, 4.69) is 19.2 Å². The SMILES string of the molecule is CN(C)c1cccc(CC2SC(=O)NC2=O)c1-c1cc2c(cc1C(F)(F)F)C(C)(C)CCC2(C)C. The molecule has 2 amide bonds. The van der Waals surface area contributed by atoms with Crippen molar-refractivity contribution in [2.24, 2.45) is 0 Å². The van der Waals surface area contributed by atoms with Crippen LogP contribution < -0.4 is 10.2 Å². The Kier molecular flexibility index (Phi) is 6.27. The van der Waals surface area contributed by atoms with Crippen molar-refractivity contribution < 1.29 is 22.8 Å². The lowest BCUT2D eigenvalue weighted by Crippen LogP contribution is -2.34. The van der Waals surface area contributed by atoms with Crippen molar-refractivity contribution in [2.45, 2.75) is 69.2 Å². The quantitative estimate of drug-likeness (QED) is 0.505. The highest BCUT2D eigenvalue weighted by Crippen LogP contribution is 2.51. The second-order valence-electron chi connectivity index (χ2n) is 11.0. The zero-order chi connectivity index (χ0) is 25.9. The van der Waals surface area contributed by atoms with Crippen molar-refractivity contribution in [3.63, 3.8) is 0 Å². The molecule has 1 aliphatic heterocycles. The Hall–Kier alpha value is -2.48. The fourth-order valence-corrected chi connectivity index (χ4v) is 6.07. The normalized spacial score (nSPS) is 21.0. The predicted octanol–water partition coefficient (Wildman–Crippen LogP) is 6.68. The molecule has 4 nitrogen and oxygen atoms in total. The van der Waals surface area contributed by atoms with Gasteiger partial charge < -0.3 is 4.90 Å². The summed E-state index contributed by atoms with van der Waals surface area (Å²) in [7, 11) is 3.59. The number of hydrogen-bond donors (Lipinski definition) is 1. The third-order valence-corrected chi connectivity index (χ3v) is 8.33. The van der Waals surface area contributed by atoms with Crippen LogP contribution in [0, 0.1) is 0 Å². The average Bonchev–Trinajstić information content (AvgIpc) is 3.06. The molecule has 1 fully saturated rings. The Morgan fingerprint density at radius 3 is 2.14 bits per heavy atom. The van der Waals surface area contributed by atoms with Gasteiger partial charge in [-0.05, 0) is 70.5 Å². The van der Waals surface area contributed by atoms with E-state index >= 15 is 0 Å². The molecule has 0 radical (unpaired) electrons. The first-order chi connectivity index (χ1) is 16.1. The number of carbonyl (C=O) groups is 2. The highest BCUT2D eigenvalue weighted by Gasteiger charge is 2.43. The van der Waals surface area contributed by atoms with Crippen LogP contribution in [0.1, 0.15) is 62.8 Å². The van der Waals surface area contributed by atoms with Crippen molar-refractivity contribution >= 4 is 28.6 Å². The van der Waals surface area contributed by atoms with Gasteiger partial charge in [0.25, 0.3) is 5.24 Å². The van der Waals surface area contributed by atoms with E-state index in [0.29, 0.717) is 16.8 Å². The molecule has 1 atom stereocenters. The first-order valence-electron chi connectivity index (χ1n) is 11.7. The molecular weight excluding hydrogens is 473 g/mol. The molecule has 0 saturated carbocycles. The number of thioether (sulfide) groups is 1. The summed E-state index contributed by atoms with van der Waals surface area (Å²) >= 11 is 0.883. The first kappa shape index (κ1) is 25.6. The monoisotopic (exact) mass is 504 g/mol. The van der Waals surface area contributed by atoms with Crippen LogP contribution >= 0.6 is 11.8 Å². The molecule has 1 aliphatic carbocycles. The van der Waals surface area contributed by atoms with E-state index in [4.69, 9.17) is 0 Å². The number of amides is 2. The van der Waals surface area contributed by atoms with Gasteiger partial charge in [0.1, 0.15) is 0 Å². The van der Waals surface area contributed by atoms with Crippen LogP contribution in [0.15, 0.2) is 30.3 Å². The molecule has 0 spiro atoms. The average molecular weight is 505 g/mol. The number of fused-ring (bicyclic) bond motifs is 1.